The van der Waals surface area contributed by atoms with Crippen LogP contribution in [-0.2, 0) is 4.79 Å². The first kappa shape index (κ1) is 19.5. The monoisotopic (exact) mass is 418 g/mol. The number of benzene rings is 2. The molecule has 2 aromatic carbocycles. The normalized spacial score (nSPS) is 10.4. The Kier molecular flexibility index (Phi) is 7.70. The van der Waals surface area contributed by atoms with E-state index in [1.54, 1.807) is 37.6 Å². The van der Waals surface area contributed by atoms with Crippen LogP contribution in [0.1, 0.15) is 5.56 Å². The summed E-state index contributed by atoms with van der Waals surface area (Å²) in [4.78, 5) is 11.8. The minimum absolute atomic E-state index is 0.156. The van der Waals surface area contributed by atoms with E-state index in [1.165, 1.54) is 0 Å². The number of hydrogen-bond acceptors (Lipinski definition) is 5. The molecule has 0 aliphatic carbocycles. The molecule has 0 saturated carbocycles. The van der Waals surface area contributed by atoms with Gasteiger partial charge in [-0.2, -0.15) is 5.10 Å². The summed E-state index contributed by atoms with van der Waals surface area (Å²) in [7, 11) is 1.58. The largest absolute Gasteiger partial charge is 0.497 e. The van der Waals surface area contributed by atoms with E-state index >= 15 is 0 Å². The molecule has 0 atom stereocenters. The molecule has 0 unspecified atom stereocenters. The summed E-state index contributed by atoms with van der Waals surface area (Å²) in [6, 6.07) is 12.5. The van der Waals surface area contributed by atoms with Crippen LogP contribution in [-0.4, -0.2) is 32.4 Å². The van der Waals surface area contributed by atoms with E-state index in [0.717, 1.165) is 11.3 Å². The van der Waals surface area contributed by atoms with Crippen LogP contribution < -0.4 is 19.6 Å². The molecule has 2 rings (SSSR count). The topological polar surface area (TPSA) is 69.2 Å². The Morgan fingerprint density at radius 1 is 1.19 bits per heavy atom. The number of methoxy groups -OCH3 is 1. The first-order chi connectivity index (χ1) is 12.6. The zero-order valence-electron chi connectivity index (χ0n) is 14.3. The van der Waals surface area contributed by atoms with Crippen LogP contribution in [0, 0.1) is 0 Å². The van der Waals surface area contributed by atoms with Crippen LogP contribution in [0.5, 0.6) is 17.2 Å². The molecular formula is C19H19BrN2O4. The van der Waals surface area contributed by atoms with Crippen molar-refractivity contribution in [2.45, 2.75) is 0 Å². The van der Waals surface area contributed by atoms with Gasteiger partial charge in [0.1, 0.15) is 23.9 Å². The molecule has 1 amide bonds. The number of halogens is 1. The van der Waals surface area contributed by atoms with Crippen molar-refractivity contribution in [3.8, 4) is 17.2 Å². The van der Waals surface area contributed by atoms with Crippen molar-refractivity contribution < 1.29 is 19.0 Å². The fourth-order valence-electron chi connectivity index (χ4n) is 1.89. The number of ether oxygens (including phenoxy) is 3. The van der Waals surface area contributed by atoms with Gasteiger partial charge in [-0.05, 0) is 64.0 Å². The second-order valence-electron chi connectivity index (χ2n) is 5.05. The van der Waals surface area contributed by atoms with Gasteiger partial charge in [-0.15, -0.1) is 0 Å². The van der Waals surface area contributed by atoms with Crippen molar-refractivity contribution in [1.82, 2.24) is 5.43 Å². The molecule has 2 aromatic rings. The molecule has 0 saturated heterocycles. The molecule has 7 heteroatoms. The number of amides is 1. The van der Waals surface area contributed by atoms with Crippen molar-refractivity contribution >= 4 is 28.1 Å². The van der Waals surface area contributed by atoms with E-state index < -0.39 is 0 Å². The third kappa shape index (κ3) is 6.25. The third-order valence-corrected chi connectivity index (χ3v) is 3.77. The van der Waals surface area contributed by atoms with E-state index in [4.69, 9.17) is 14.2 Å². The van der Waals surface area contributed by atoms with Crippen molar-refractivity contribution in [3.05, 3.63) is 65.2 Å². The van der Waals surface area contributed by atoms with Gasteiger partial charge in [-0.25, -0.2) is 5.43 Å². The molecule has 0 aromatic heterocycles. The van der Waals surface area contributed by atoms with Crippen molar-refractivity contribution in [3.63, 3.8) is 0 Å². The number of nitrogens with zero attached hydrogens (tertiary/aromatic N) is 1. The summed E-state index contributed by atoms with van der Waals surface area (Å²) in [5, 5.41) is 3.90. The summed E-state index contributed by atoms with van der Waals surface area (Å²) in [6.45, 7) is 3.89. The summed E-state index contributed by atoms with van der Waals surface area (Å²) < 4.78 is 16.6. The average molecular weight is 419 g/mol. The maximum absolute atomic E-state index is 11.8. The summed E-state index contributed by atoms with van der Waals surface area (Å²) in [6.07, 6.45) is 3.22. The van der Waals surface area contributed by atoms with Crippen LogP contribution in [0.4, 0.5) is 0 Å². The van der Waals surface area contributed by atoms with Gasteiger partial charge in [-0.1, -0.05) is 12.7 Å². The van der Waals surface area contributed by atoms with E-state index in [9.17, 15) is 4.79 Å². The fraction of sp³-hybridized carbons (Fsp3) is 0.158. The lowest BCUT2D eigenvalue weighted by atomic mass is 10.2. The number of rotatable bonds is 9. The highest BCUT2D eigenvalue weighted by Gasteiger charge is 2.06. The second-order valence-corrected chi connectivity index (χ2v) is 5.90. The second kappa shape index (κ2) is 10.2. The predicted octanol–water partition coefficient (Wildman–Crippen LogP) is 3.55. The van der Waals surface area contributed by atoms with E-state index in [0.29, 0.717) is 22.6 Å². The van der Waals surface area contributed by atoms with E-state index in [2.05, 4.69) is 33.0 Å². The average Bonchev–Trinajstić information content (AvgIpc) is 2.66. The van der Waals surface area contributed by atoms with E-state index in [-0.39, 0.29) is 12.5 Å². The highest BCUT2D eigenvalue weighted by molar-refractivity contribution is 9.10. The Balaban J connectivity index is 1.79. The van der Waals surface area contributed by atoms with Gasteiger partial charge in [-0.3, -0.25) is 4.79 Å². The minimum Gasteiger partial charge on any atom is -0.497 e. The number of carbonyl (C=O) groups is 1. The summed E-state index contributed by atoms with van der Waals surface area (Å²) in [5.74, 6) is 1.61. The molecular weight excluding hydrogens is 400 g/mol. The lowest BCUT2D eigenvalue weighted by molar-refractivity contribution is -0.123. The van der Waals surface area contributed by atoms with Gasteiger partial charge in [0.05, 0.1) is 17.8 Å². The highest BCUT2D eigenvalue weighted by Crippen LogP contribution is 2.28. The zero-order valence-corrected chi connectivity index (χ0v) is 15.9. The smallest absolute Gasteiger partial charge is 0.277 e. The van der Waals surface area contributed by atoms with Crippen LogP contribution >= 0.6 is 15.9 Å². The fourth-order valence-corrected chi connectivity index (χ4v) is 2.36. The van der Waals surface area contributed by atoms with Gasteiger partial charge in [0.25, 0.3) is 5.91 Å². The molecule has 136 valence electrons. The number of hydrazone groups is 1. The third-order valence-electron chi connectivity index (χ3n) is 3.15. The lowest BCUT2D eigenvalue weighted by Gasteiger charge is -2.08. The lowest BCUT2D eigenvalue weighted by Crippen LogP contribution is -2.24. The van der Waals surface area contributed by atoms with Crippen molar-refractivity contribution in [1.29, 1.82) is 0 Å². The van der Waals surface area contributed by atoms with Crippen LogP contribution in [0.25, 0.3) is 0 Å². The number of hydrogen-bond donors (Lipinski definition) is 1. The van der Waals surface area contributed by atoms with Gasteiger partial charge in [0.2, 0.25) is 0 Å². The molecule has 0 bridgehead atoms. The zero-order chi connectivity index (χ0) is 18.8. The molecule has 0 heterocycles. The Morgan fingerprint density at radius 3 is 2.58 bits per heavy atom. The predicted molar refractivity (Wildman–Crippen MR) is 104 cm³/mol. The molecule has 0 radical (unpaired) electrons. The van der Waals surface area contributed by atoms with Crippen LogP contribution in [0.3, 0.4) is 0 Å². The van der Waals surface area contributed by atoms with Crippen molar-refractivity contribution in [2.75, 3.05) is 20.3 Å². The maximum atomic E-state index is 11.8. The Labute approximate surface area is 160 Å². The quantitative estimate of drug-likeness (QED) is 0.384. The Morgan fingerprint density at radius 2 is 1.92 bits per heavy atom. The first-order valence-corrected chi connectivity index (χ1v) is 8.53. The molecule has 0 fully saturated rings. The Hall–Kier alpha value is -2.80. The van der Waals surface area contributed by atoms with Gasteiger partial charge in [0, 0.05) is 0 Å². The first-order valence-electron chi connectivity index (χ1n) is 7.74. The summed E-state index contributed by atoms with van der Waals surface area (Å²) >= 11 is 3.36. The van der Waals surface area contributed by atoms with Crippen LogP contribution in [0.15, 0.2) is 64.7 Å². The molecule has 26 heavy (non-hydrogen) atoms. The molecule has 0 aliphatic rings. The summed E-state index contributed by atoms with van der Waals surface area (Å²) in [5.41, 5.74) is 3.24. The van der Waals surface area contributed by atoms with Crippen LogP contribution in [0.2, 0.25) is 0 Å². The van der Waals surface area contributed by atoms with E-state index in [1.807, 2.05) is 24.3 Å². The number of carbonyl (C=O) groups excluding carboxylic acids is 1. The van der Waals surface area contributed by atoms with Crippen molar-refractivity contribution in [2.24, 2.45) is 5.10 Å². The van der Waals surface area contributed by atoms with Gasteiger partial charge < -0.3 is 14.2 Å². The molecule has 0 aliphatic heterocycles. The SMILES string of the molecule is C=CCOc1ccc(C=NNC(=O)COc2ccc(OC)cc2Br)cc1. The molecule has 6 nitrogen and oxygen atoms in total. The minimum atomic E-state index is -0.366. The Bertz CT molecular complexity index is 776. The molecule has 1 N–H and O–H groups in total. The van der Waals surface area contributed by atoms with Gasteiger partial charge >= 0.3 is 0 Å². The number of nitrogens with one attached hydrogen (secondary N) is 1. The standard InChI is InChI=1S/C19H19BrN2O4/c1-3-10-25-15-6-4-14(5-7-15)12-21-22-19(23)13-26-18-9-8-16(24-2)11-17(18)20/h3-9,11-12H,1,10,13H2,2H3,(H,22,23). The molecule has 0 spiro atoms. The van der Waals surface area contributed by atoms with Gasteiger partial charge in [0.15, 0.2) is 6.61 Å². The maximum Gasteiger partial charge on any atom is 0.277 e. The highest BCUT2D eigenvalue weighted by atomic mass is 79.9.